The Balaban J connectivity index is 1.75. The predicted molar refractivity (Wildman–Crippen MR) is 87.5 cm³/mol. The quantitative estimate of drug-likeness (QED) is 0.939. The summed E-state index contributed by atoms with van der Waals surface area (Å²) < 4.78 is 18.8. The Kier molecular flexibility index (Phi) is 5.06. The Morgan fingerprint density at radius 2 is 1.87 bits per heavy atom. The smallest absolute Gasteiger partial charge is 0.123 e. The van der Waals surface area contributed by atoms with Crippen LogP contribution in [0.25, 0.3) is 0 Å². The third-order valence-electron chi connectivity index (χ3n) is 4.32. The van der Waals surface area contributed by atoms with Crippen LogP contribution in [0.4, 0.5) is 4.39 Å². The molecule has 1 N–H and O–H groups in total. The van der Waals surface area contributed by atoms with Crippen molar-refractivity contribution in [1.82, 2.24) is 4.90 Å². The summed E-state index contributed by atoms with van der Waals surface area (Å²) in [5, 5.41) is 10.5. The van der Waals surface area contributed by atoms with Gasteiger partial charge in [0.2, 0.25) is 0 Å². The van der Waals surface area contributed by atoms with E-state index in [1.807, 2.05) is 25.1 Å². The molecule has 1 fully saturated rings. The summed E-state index contributed by atoms with van der Waals surface area (Å²) >= 11 is 0. The molecule has 0 spiro atoms. The first kappa shape index (κ1) is 16.1. The number of ether oxygens (including phenoxy) is 1. The summed E-state index contributed by atoms with van der Waals surface area (Å²) in [6, 6.07) is 16.4. The Hall–Kier alpha value is -1.75. The van der Waals surface area contributed by atoms with Crippen molar-refractivity contribution in [3.05, 3.63) is 71.5 Å². The van der Waals surface area contributed by atoms with Crippen LogP contribution in [0.5, 0.6) is 0 Å². The predicted octanol–water partition coefficient (Wildman–Crippen LogP) is 3.32. The van der Waals surface area contributed by atoms with E-state index in [2.05, 4.69) is 17.0 Å². The molecule has 122 valence electrons. The van der Waals surface area contributed by atoms with E-state index < -0.39 is 6.10 Å². The fourth-order valence-electron chi connectivity index (χ4n) is 3.07. The zero-order chi connectivity index (χ0) is 16.2. The van der Waals surface area contributed by atoms with Crippen molar-refractivity contribution in [1.29, 1.82) is 0 Å². The van der Waals surface area contributed by atoms with Crippen LogP contribution in [0, 0.1) is 5.82 Å². The highest BCUT2D eigenvalue weighted by Gasteiger charge is 2.29. The topological polar surface area (TPSA) is 32.7 Å². The second kappa shape index (κ2) is 7.21. The molecule has 1 heterocycles. The second-order valence-corrected chi connectivity index (χ2v) is 6.09. The summed E-state index contributed by atoms with van der Waals surface area (Å²) in [6.45, 7) is 3.91. The van der Waals surface area contributed by atoms with Gasteiger partial charge >= 0.3 is 0 Å². The van der Waals surface area contributed by atoms with Gasteiger partial charge in [0.1, 0.15) is 5.82 Å². The highest BCUT2D eigenvalue weighted by molar-refractivity contribution is 5.21. The lowest BCUT2D eigenvalue weighted by Crippen LogP contribution is -2.45. The Morgan fingerprint density at radius 3 is 2.57 bits per heavy atom. The third kappa shape index (κ3) is 3.96. The van der Waals surface area contributed by atoms with Gasteiger partial charge in [-0.2, -0.15) is 0 Å². The lowest BCUT2D eigenvalue weighted by molar-refractivity contribution is -0.0688. The first-order valence-electron chi connectivity index (χ1n) is 7.97. The van der Waals surface area contributed by atoms with Crippen molar-refractivity contribution in [2.24, 2.45) is 0 Å². The monoisotopic (exact) mass is 315 g/mol. The maximum absolute atomic E-state index is 13.0. The van der Waals surface area contributed by atoms with Crippen molar-refractivity contribution < 1.29 is 14.2 Å². The maximum Gasteiger partial charge on any atom is 0.123 e. The van der Waals surface area contributed by atoms with Crippen molar-refractivity contribution in [3.63, 3.8) is 0 Å². The SMILES string of the molecule is CC1CN(CC(O)c2ccc(F)cc2)C(c2ccccc2)CO1. The molecule has 0 amide bonds. The summed E-state index contributed by atoms with van der Waals surface area (Å²) in [5.41, 5.74) is 1.92. The van der Waals surface area contributed by atoms with Crippen LogP contribution >= 0.6 is 0 Å². The molecular formula is C19H22FNO2. The summed E-state index contributed by atoms with van der Waals surface area (Å²) in [5.74, 6) is -0.289. The first-order chi connectivity index (χ1) is 11.1. The van der Waals surface area contributed by atoms with E-state index in [1.54, 1.807) is 12.1 Å². The van der Waals surface area contributed by atoms with Crippen LogP contribution in [-0.2, 0) is 4.74 Å². The lowest BCUT2D eigenvalue weighted by atomic mass is 10.0. The van der Waals surface area contributed by atoms with Gasteiger partial charge in [-0.15, -0.1) is 0 Å². The minimum atomic E-state index is -0.646. The molecule has 3 atom stereocenters. The number of benzene rings is 2. The van der Waals surface area contributed by atoms with E-state index >= 15 is 0 Å². The molecule has 0 aliphatic carbocycles. The number of halogens is 1. The van der Waals surface area contributed by atoms with Crippen molar-refractivity contribution >= 4 is 0 Å². The molecule has 0 saturated carbocycles. The summed E-state index contributed by atoms with van der Waals surface area (Å²) in [7, 11) is 0. The zero-order valence-electron chi connectivity index (χ0n) is 13.2. The molecule has 0 aromatic heterocycles. The molecule has 0 radical (unpaired) electrons. The molecule has 3 unspecified atom stereocenters. The molecule has 3 nitrogen and oxygen atoms in total. The van der Waals surface area contributed by atoms with E-state index in [0.717, 1.165) is 12.1 Å². The molecule has 1 aliphatic rings. The summed E-state index contributed by atoms with van der Waals surface area (Å²) in [6.07, 6.45) is -0.512. The fraction of sp³-hybridized carbons (Fsp3) is 0.368. The fourth-order valence-corrected chi connectivity index (χ4v) is 3.07. The van der Waals surface area contributed by atoms with Crippen molar-refractivity contribution in [2.75, 3.05) is 19.7 Å². The molecule has 0 bridgehead atoms. The highest BCUT2D eigenvalue weighted by atomic mass is 19.1. The van der Waals surface area contributed by atoms with Gasteiger partial charge in [-0.05, 0) is 30.2 Å². The Morgan fingerprint density at radius 1 is 1.17 bits per heavy atom. The van der Waals surface area contributed by atoms with E-state index in [4.69, 9.17) is 4.74 Å². The average molecular weight is 315 g/mol. The van der Waals surface area contributed by atoms with Gasteiger partial charge < -0.3 is 9.84 Å². The number of hydrogen-bond donors (Lipinski definition) is 1. The molecule has 3 rings (SSSR count). The van der Waals surface area contributed by atoms with Gasteiger partial charge in [0.25, 0.3) is 0 Å². The van der Waals surface area contributed by atoms with Crippen molar-refractivity contribution in [3.8, 4) is 0 Å². The van der Waals surface area contributed by atoms with Gasteiger partial charge in [-0.3, -0.25) is 4.90 Å². The van der Waals surface area contributed by atoms with Crippen LogP contribution in [0.2, 0.25) is 0 Å². The summed E-state index contributed by atoms with van der Waals surface area (Å²) in [4.78, 5) is 2.25. The minimum absolute atomic E-state index is 0.127. The molecule has 2 aromatic rings. The Labute approximate surface area is 136 Å². The van der Waals surface area contributed by atoms with Gasteiger partial charge in [0.05, 0.1) is 24.9 Å². The standard InChI is InChI=1S/C19H22FNO2/c1-14-11-21(12-19(22)16-7-9-17(20)10-8-16)18(13-23-14)15-5-3-2-4-6-15/h2-10,14,18-19,22H,11-13H2,1H3. The van der Waals surface area contributed by atoms with Crippen LogP contribution in [-0.4, -0.2) is 35.8 Å². The first-order valence-corrected chi connectivity index (χ1v) is 7.97. The van der Waals surface area contributed by atoms with Crippen LogP contribution in [0.15, 0.2) is 54.6 Å². The number of β-amino-alcohol motifs (C(OH)–C–C–N with tert-alkyl or cyclic N) is 1. The number of hydrogen-bond acceptors (Lipinski definition) is 3. The van der Waals surface area contributed by atoms with E-state index in [-0.39, 0.29) is 18.0 Å². The Bertz CT molecular complexity index is 617. The van der Waals surface area contributed by atoms with Gasteiger partial charge in [0, 0.05) is 13.1 Å². The molecular weight excluding hydrogens is 293 g/mol. The maximum atomic E-state index is 13.0. The lowest BCUT2D eigenvalue weighted by Gasteiger charge is -2.40. The van der Waals surface area contributed by atoms with Crippen molar-refractivity contribution in [2.45, 2.75) is 25.2 Å². The normalized spacial score (nSPS) is 23.6. The zero-order valence-corrected chi connectivity index (χ0v) is 13.2. The highest BCUT2D eigenvalue weighted by Crippen LogP contribution is 2.28. The van der Waals surface area contributed by atoms with Crippen LogP contribution in [0.3, 0.4) is 0 Å². The molecule has 2 aromatic carbocycles. The van der Waals surface area contributed by atoms with Gasteiger partial charge in [-0.25, -0.2) is 4.39 Å². The largest absolute Gasteiger partial charge is 0.387 e. The molecule has 1 saturated heterocycles. The molecule has 1 aliphatic heterocycles. The van der Waals surface area contributed by atoms with E-state index in [1.165, 1.54) is 17.7 Å². The van der Waals surface area contributed by atoms with Gasteiger partial charge in [0.15, 0.2) is 0 Å². The minimum Gasteiger partial charge on any atom is -0.387 e. The number of nitrogens with zero attached hydrogens (tertiary/aromatic N) is 1. The van der Waals surface area contributed by atoms with E-state index in [0.29, 0.717) is 13.2 Å². The second-order valence-electron chi connectivity index (χ2n) is 6.09. The number of morpholine rings is 1. The third-order valence-corrected chi connectivity index (χ3v) is 4.32. The van der Waals surface area contributed by atoms with Crippen LogP contribution < -0.4 is 0 Å². The van der Waals surface area contributed by atoms with Crippen LogP contribution in [0.1, 0.15) is 30.2 Å². The molecule has 23 heavy (non-hydrogen) atoms. The number of rotatable bonds is 4. The average Bonchev–Trinajstić information content (AvgIpc) is 2.56. The van der Waals surface area contributed by atoms with Gasteiger partial charge in [-0.1, -0.05) is 42.5 Å². The number of aliphatic hydroxyl groups is 1. The molecule has 4 heteroatoms. The van der Waals surface area contributed by atoms with E-state index in [9.17, 15) is 9.50 Å². The number of aliphatic hydroxyl groups excluding tert-OH is 1.